The zero-order valence-electron chi connectivity index (χ0n) is 8.83. The predicted molar refractivity (Wildman–Crippen MR) is 64.3 cm³/mol. The summed E-state index contributed by atoms with van der Waals surface area (Å²) >= 11 is 1.32. The third-order valence-electron chi connectivity index (χ3n) is 2.09. The number of aliphatic hydroxyl groups excluding tert-OH is 1. The van der Waals surface area contributed by atoms with Gasteiger partial charge in [0.1, 0.15) is 5.03 Å². The van der Waals surface area contributed by atoms with Crippen LogP contribution in [0.1, 0.15) is 10.6 Å². The van der Waals surface area contributed by atoms with Crippen molar-refractivity contribution in [1.29, 1.82) is 0 Å². The minimum Gasteiger partial charge on any atom is -0.475 e. The maximum Gasteiger partial charge on any atom is 0.373 e. The number of aromatic nitrogens is 2. The maximum atomic E-state index is 10.9. The monoisotopic (exact) mass is 250 g/mol. The van der Waals surface area contributed by atoms with Gasteiger partial charge in [-0.15, -0.1) is 11.8 Å². The molecule has 1 heterocycles. The summed E-state index contributed by atoms with van der Waals surface area (Å²) < 4.78 is 0. The van der Waals surface area contributed by atoms with E-state index in [1.807, 2.05) is 12.1 Å². The lowest BCUT2D eigenvalue weighted by atomic mass is 10.2. The first kappa shape index (κ1) is 11.8. The molecular weight excluding hydrogens is 240 g/mol. The fourth-order valence-corrected chi connectivity index (χ4v) is 2.16. The van der Waals surface area contributed by atoms with Crippen LogP contribution in [-0.2, 0) is 0 Å². The summed E-state index contributed by atoms with van der Waals surface area (Å²) in [6.07, 6.45) is 0. The van der Waals surface area contributed by atoms with E-state index in [1.54, 1.807) is 12.1 Å². The van der Waals surface area contributed by atoms with Crippen molar-refractivity contribution in [2.75, 3.05) is 12.4 Å². The highest BCUT2D eigenvalue weighted by Crippen LogP contribution is 2.24. The van der Waals surface area contributed by atoms with Gasteiger partial charge in [-0.25, -0.2) is 14.8 Å². The van der Waals surface area contributed by atoms with Crippen LogP contribution in [0, 0.1) is 0 Å². The molecule has 0 atom stereocenters. The Kier molecular flexibility index (Phi) is 3.55. The summed E-state index contributed by atoms with van der Waals surface area (Å²) in [7, 11) is 0. The number of aliphatic hydroxyl groups is 1. The van der Waals surface area contributed by atoms with E-state index in [4.69, 9.17) is 10.2 Å². The summed E-state index contributed by atoms with van der Waals surface area (Å²) in [5, 5.41) is 19.1. The van der Waals surface area contributed by atoms with Gasteiger partial charge in [0.25, 0.3) is 0 Å². The van der Waals surface area contributed by atoms with Gasteiger partial charge in [0.05, 0.1) is 12.1 Å². The molecule has 5 nitrogen and oxygen atoms in total. The molecular formula is C11H10N2O3S. The number of carboxylic acid groups (broad SMARTS) is 1. The van der Waals surface area contributed by atoms with Gasteiger partial charge >= 0.3 is 5.97 Å². The summed E-state index contributed by atoms with van der Waals surface area (Å²) in [5.74, 6) is -0.897. The van der Waals surface area contributed by atoms with Gasteiger partial charge in [0.2, 0.25) is 5.82 Å². The molecule has 2 rings (SSSR count). The van der Waals surface area contributed by atoms with E-state index < -0.39 is 5.97 Å². The smallest absolute Gasteiger partial charge is 0.373 e. The van der Waals surface area contributed by atoms with Gasteiger partial charge in [-0.3, -0.25) is 0 Å². The Morgan fingerprint density at radius 2 is 2.06 bits per heavy atom. The van der Waals surface area contributed by atoms with Gasteiger partial charge in [0.15, 0.2) is 0 Å². The van der Waals surface area contributed by atoms with Crippen molar-refractivity contribution < 1.29 is 15.0 Å². The van der Waals surface area contributed by atoms with Crippen LogP contribution in [0.2, 0.25) is 0 Å². The predicted octanol–water partition coefficient (Wildman–Crippen LogP) is 1.41. The van der Waals surface area contributed by atoms with Gasteiger partial charge < -0.3 is 10.2 Å². The van der Waals surface area contributed by atoms with Crippen LogP contribution >= 0.6 is 11.8 Å². The Hall–Kier alpha value is -1.66. The number of rotatable bonds is 4. The number of thioether (sulfide) groups is 1. The highest BCUT2D eigenvalue weighted by molar-refractivity contribution is 7.99. The second kappa shape index (κ2) is 5.11. The Bertz CT molecular complexity index is 559. The zero-order chi connectivity index (χ0) is 12.3. The number of benzene rings is 1. The van der Waals surface area contributed by atoms with Crippen LogP contribution < -0.4 is 0 Å². The first-order valence-corrected chi connectivity index (χ1v) is 5.94. The van der Waals surface area contributed by atoms with E-state index in [2.05, 4.69) is 9.97 Å². The molecule has 0 aliphatic heterocycles. The van der Waals surface area contributed by atoms with Crippen molar-refractivity contribution in [2.24, 2.45) is 0 Å². The molecule has 6 heteroatoms. The van der Waals surface area contributed by atoms with Gasteiger partial charge in [-0.1, -0.05) is 18.2 Å². The second-order valence-electron chi connectivity index (χ2n) is 3.25. The molecule has 88 valence electrons. The number of para-hydroxylation sites is 1. The average Bonchev–Trinajstić information content (AvgIpc) is 2.35. The molecule has 0 amide bonds. The van der Waals surface area contributed by atoms with E-state index in [1.165, 1.54) is 11.8 Å². The largest absolute Gasteiger partial charge is 0.475 e. The van der Waals surface area contributed by atoms with Crippen molar-refractivity contribution in [2.45, 2.75) is 5.03 Å². The molecule has 0 radical (unpaired) electrons. The van der Waals surface area contributed by atoms with Crippen LogP contribution in [0.15, 0.2) is 29.3 Å². The van der Waals surface area contributed by atoms with Crippen molar-refractivity contribution in [3.05, 3.63) is 30.1 Å². The normalized spacial score (nSPS) is 10.6. The van der Waals surface area contributed by atoms with Crippen LogP contribution in [0.4, 0.5) is 0 Å². The van der Waals surface area contributed by atoms with E-state index in [0.29, 0.717) is 16.3 Å². The molecule has 2 aromatic rings. The summed E-state index contributed by atoms with van der Waals surface area (Å²) in [4.78, 5) is 18.8. The van der Waals surface area contributed by atoms with Crippen molar-refractivity contribution in [3.8, 4) is 0 Å². The standard InChI is InChI=1S/C11H10N2O3S/c14-5-6-17-10-7-3-1-2-4-8(7)12-9(13-10)11(15)16/h1-4,14H,5-6H2,(H,15,16). The lowest BCUT2D eigenvalue weighted by molar-refractivity contribution is 0.0683. The van der Waals surface area contributed by atoms with Crippen LogP contribution in [0.25, 0.3) is 10.9 Å². The molecule has 17 heavy (non-hydrogen) atoms. The van der Waals surface area contributed by atoms with E-state index in [-0.39, 0.29) is 12.4 Å². The van der Waals surface area contributed by atoms with Crippen LogP contribution in [-0.4, -0.2) is 38.5 Å². The fourth-order valence-electron chi connectivity index (χ4n) is 1.40. The second-order valence-corrected chi connectivity index (χ2v) is 4.33. The molecule has 1 aromatic carbocycles. The molecule has 0 fully saturated rings. The zero-order valence-corrected chi connectivity index (χ0v) is 9.65. The number of carbonyl (C=O) groups is 1. The van der Waals surface area contributed by atoms with Gasteiger partial charge in [-0.05, 0) is 6.07 Å². The molecule has 0 aliphatic rings. The van der Waals surface area contributed by atoms with E-state index in [0.717, 1.165) is 5.39 Å². The fraction of sp³-hybridized carbons (Fsp3) is 0.182. The summed E-state index contributed by atoms with van der Waals surface area (Å²) in [6, 6.07) is 7.21. The SMILES string of the molecule is O=C(O)c1nc(SCCO)c2ccccc2n1. The molecule has 0 saturated heterocycles. The van der Waals surface area contributed by atoms with Gasteiger partial charge in [0, 0.05) is 11.1 Å². The number of hydrogen-bond acceptors (Lipinski definition) is 5. The highest BCUT2D eigenvalue weighted by atomic mass is 32.2. The first-order chi connectivity index (χ1) is 8.22. The molecule has 1 aromatic heterocycles. The number of carboxylic acids is 1. The summed E-state index contributed by atoms with van der Waals surface area (Å²) in [6.45, 7) is 0.0192. The van der Waals surface area contributed by atoms with E-state index >= 15 is 0 Å². The maximum absolute atomic E-state index is 10.9. The number of fused-ring (bicyclic) bond motifs is 1. The minimum atomic E-state index is -1.15. The lowest BCUT2D eigenvalue weighted by Gasteiger charge is -2.05. The third kappa shape index (κ3) is 2.54. The average molecular weight is 250 g/mol. The van der Waals surface area contributed by atoms with Gasteiger partial charge in [-0.2, -0.15) is 0 Å². The molecule has 0 aliphatic carbocycles. The van der Waals surface area contributed by atoms with Crippen molar-refractivity contribution in [1.82, 2.24) is 9.97 Å². The number of hydrogen-bond donors (Lipinski definition) is 2. The third-order valence-corrected chi connectivity index (χ3v) is 3.06. The topological polar surface area (TPSA) is 83.3 Å². The Morgan fingerprint density at radius 1 is 1.29 bits per heavy atom. The number of nitrogens with zero attached hydrogens (tertiary/aromatic N) is 2. The summed E-state index contributed by atoms with van der Waals surface area (Å²) in [5.41, 5.74) is 0.598. The molecule has 0 spiro atoms. The quantitative estimate of drug-likeness (QED) is 0.630. The Balaban J connectivity index is 2.56. The molecule has 0 unspecified atom stereocenters. The Labute approximate surface area is 102 Å². The highest BCUT2D eigenvalue weighted by Gasteiger charge is 2.12. The molecule has 2 N–H and O–H groups in total. The molecule has 0 bridgehead atoms. The van der Waals surface area contributed by atoms with Crippen molar-refractivity contribution >= 4 is 28.6 Å². The van der Waals surface area contributed by atoms with Crippen LogP contribution in [0.3, 0.4) is 0 Å². The number of aromatic carboxylic acids is 1. The van der Waals surface area contributed by atoms with Crippen molar-refractivity contribution in [3.63, 3.8) is 0 Å². The minimum absolute atomic E-state index is 0.0192. The van der Waals surface area contributed by atoms with E-state index in [9.17, 15) is 4.79 Å². The van der Waals surface area contributed by atoms with Crippen LogP contribution in [0.5, 0.6) is 0 Å². The molecule has 0 saturated carbocycles. The first-order valence-electron chi connectivity index (χ1n) is 4.96. The lowest BCUT2D eigenvalue weighted by Crippen LogP contribution is -2.05. The Morgan fingerprint density at radius 3 is 2.76 bits per heavy atom.